The van der Waals surface area contributed by atoms with E-state index in [4.69, 9.17) is 5.73 Å². The van der Waals surface area contributed by atoms with Crippen molar-refractivity contribution in [1.82, 2.24) is 0 Å². The Labute approximate surface area is 110 Å². The summed E-state index contributed by atoms with van der Waals surface area (Å²) < 4.78 is 50.9. The van der Waals surface area contributed by atoms with Crippen LogP contribution < -0.4 is 5.73 Å². The molecule has 0 aromatic heterocycles. The molecule has 2 rings (SSSR count). The van der Waals surface area contributed by atoms with Crippen molar-refractivity contribution in [2.24, 2.45) is 0 Å². The predicted molar refractivity (Wildman–Crippen MR) is 67.3 cm³/mol. The van der Waals surface area contributed by atoms with Gasteiger partial charge in [0, 0.05) is 5.69 Å². The van der Waals surface area contributed by atoms with Gasteiger partial charge in [0.15, 0.2) is 11.6 Å². The molecular weight excluding hydrogens is 275 g/mol. The lowest BCUT2D eigenvalue weighted by atomic mass is 10.2. The zero-order valence-electron chi connectivity index (χ0n) is 9.70. The number of nitrogen functional groups attached to an aromatic ring is 1. The van der Waals surface area contributed by atoms with Crippen LogP contribution in [0.2, 0.25) is 0 Å². The molecule has 0 saturated carbocycles. The van der Waals surface area contributed by atoms with Crippen molar-refractivity contribution in [2.45, 2.75) is 10.6 Å². The van der Waals surface area contributed by atoms with E-state index in [9.17, 15) is 17.4 Å². The van der Waals surface area contributed by atoms with Crippen molar-refractivity contribution in [2.75, 3.05) is 5.73 Å². The van der Waals surface area contributed by atoms with Gasteiger partial charge >= 0.3 is 0 Å². The maximum absolute atomic E-state index is 13.1. The van der Waals surface area contributed by atoms with Gasteiger partial charge in [-0.3, -0.25) is 4.21 Å². The summed E-state index contributed by atoms with van der Waals surface area (Å²) in [6.07, 6.45) is 0. The molecule has 0 fully saturated rings. The van der Waals surface area contributed by atoms with Crippen LogP contribution >= 0.6 is 0 Å². The number of benzene rings is 2. The van der Waals surface area contributed by atoms with Crippen LogP contribution in [0.3, 0.4) is 0 Å². The van der Waals surface area contributed by atoms with E-state index in [0.717, 1.165) is 24.3 Å². The Hall–Kier alpha value is -1.82. The third kappa shape index (κ3) is 3.14. The second-order valence-corrected chi connectivity index (χ2v) is 5.34. The van der Waals surface area contributed by atoms with Crippen LogP contribution in [0.4, 0.5) is 18.9 Å². The van der Waals surface area contributed by atoms with Gasteiger partial charge in [-0.15, -0.1) is 0 Å². The van der Waals surface area contributed by atoms with E-state index >= 15 is 0 Å². The molecule has 2 N–H and O–H groups in total. The maximum Gasteiger partial charge on any atom is 0.159 e. The minimum Gasteiger partial charge on any atom is -0.398 e. The van der Waals surface area contributed by atoms with Crippen LogP contribution in [-0.4, -0.2) is 4.21 Å². The summed E-state index contributed by atoms with van der Waals surface area (Å²) in [4.78, 5) is 0.143. The fraction of sp³-hybridized carbons (Fsp3) is 0.0769. The van der Waals surface area contributed by atoms with Crippen LogP contribution in [0.1, 0.15) is 5.56 Å². The summed E-state index contributed by atoms with van der Waals surface area (Å²) in [7, 11) is -1.63. The van der Waals surface area contributed by atoms with Crippen molar-refractivity contribution in [1.29, 1.82) is 0 Å². The molecule has 2 aromatic carbocycles. The van der Waals surface area contributed by atoms with Gasteiger partial charge in [0.1, 0.15) is 5.82 Å². The van der Waals surface area contributed by atoms with Gasteiger partial charge in [-0.2, -0.15) is 0 Å². The minimum absolute atomic E-state index is 0.0646. The Morgan fingerprint density at radius 3 is 2.42 bits per heavy atom. The third-order valence-electron chi connectivity index (χ3n) is 2.50. The third-order valence-corrected chi connectivity index (χ3v) is 3.94. The number of anilines is 1. The van der Waals surface area contributed by atoms with Crippen molar-refractivity contribution in [3.05, 3.63) is 59.4 Å². The van der Waals surface area contributed by atoms with Gasteiger partial charge in [-0.1, -0.05) is 6.07 Å². The second-order valence-electron chi connectivity index (χ2n) is 3.92. The van der Waals surface area contributed by atoms with Crippen LogP contribution in [0.5, 0.6) is 0 Å². The average Bonchev–Trinajstić information content (AvgIpc) is 2.36. The first kappa shape index (κ1) is 13.6. The number of rotatable bonds is 3. The van der Waals surface area contributed by atoms with E-state index in [1.54, 1.807) is 0 Å². The number of hydrogen-bond donors (Lipinski definition) is 1. The predicted octanol–water partition coefficient (Wildman–Crippen LogP) is 2.99. The molecule has 0 spiro atoms. The molecule has 0 aliphatic rings. The van der Waals surface area contributed by atoms with E-state index in [-0.39, 0.29) is 16.3 Å². The standard InChI is InChI=1S/C13H10F3NOS/c14-9-2-4-12(17)13(6-9)19(18)7-8-1-3-10(15)11(16)5-8/h1-6H,7,17H2. The summed E-state index contributed by atoms with van der Waals surface area (Å²) in [5, 5.41) is 0. The molecule has 2 aromatic rings. The van der Waals surface area contributed by atoms with Gasteiger partial charge in [-0.25, -0.2) is 13.2 Å². The SMILES string of the molecule is Nc1ccc(F)cc1S(=O)Cc1ccc(F)c(F)c1. The first-order chi connectivity index (χ1) is 8.97. The number of halogens is 3. The number of nitrogens with two attached hydrogens (primary N) is 1. The smallest absolute Gasteiger partial charge is 0.159 e. The maximum atomic E-state index is 13.1. The quantitative estimate of drug-likeness (QED) is 0.881. The van der Waals surface area contributed by atoms with Gasteiger partial charge in [0.05, 0.1) is 21.4 Å². The molecule has 0 heterocycles. The van der Waals surface area contributed by atoms with Gasteiger partial charge in [-0.05, 0) is 35.9 Å². The summed E-state index contributed by atoms with van der Waals surface area (Å²) in [6.45, 7) is 0. The van der Waals surface area contributed by atoms with Gasteiger partial charge in [0.2, 0.25) is 0 Å². The summed E-state index contributed by atoms with van der Waals surface area (Å²) in [5.74, 6) is -2.60. The van der Waals surface area contributed by atoms with Crippen LogP contribution in [-0.2, 0) is 16.6 Å². The lowest BCUT2D eigenvalue weighted by Gasteiger charge is -2.06. The zero-order valence-corrected chi connectivity index (χ0v) is 10.5. The molecule has 100 valence electrons. The first-order valence-corrected chi connectivity index (χ1v) is 6.66. The molecule has 1 unspecified atom stereocenters. The monoisotopic (exact) mass is 285 g/mol. The molecule has 0 aliphatic heterocycles. The molecule has 6 heteroatoms. The van der Waals surface area contributed by atoms with E-state index in [2.05, 4.69) is 0 Å². The Morgan fingerprint density at radius 2 is 1.74 bits per heavy atom. The number of hydrogen-bond acceptors (Lipinski definition) is 2. The lowest BCUT2D eigenvalue weighted by molar-refractivity contribution is 0.507. The zero-order chi connectivity index (χ0) is 14.0. The highest BCUT2D eigenvalue weighted by molar-refractivity contribution is 7.84. The normalized spacial score (nSPS) is 12.4. The molecular formula is C13H10F3NOS. The first-order valence-electron chi connectivity index (χ1n) is 5.34. The van der Waals surface area contributed by atoms with Crippen LogP contribution in [0.15, 0.2) is 41.3 Å². The molecule has 2 nitrogen and oxygen atoms in total. The molecule has 0 amide bonds. The summed E-state index contributed by atoms with van der Waals surface area (Å²) in [5.41, 5.74) is 6.15. The van der Waals surface area contributed by atoms with Crippen molar-refractivity contribution in [3.8, 4) is 0 Å². The molecule has 0 saturated heterocycles. The minimum atomic E-state index is -1.63. The average molecular weight is 285 g/mol. The highest BCUT2D eigenvalue weighted by Gasteiger charge is 2.11. The van der Waals surface area contributed by atoms with Gasteiger partial charge in [0.25, 0.3) is 0 Å². The van der Waals surface area contributed by atoms with Crippen LogP contribution in [0, 0.1) is 17.5 Å². The Balaban J connectivity index is 2.25. The van der Waals surface area contributed by atoms with Crippen molar-refractivity contribution >= 4 is 16.5 Å². The van der Waals surface area contributed by atoms with E-state index < -0.39 is 28.3 Å². The topological polar surface area (TPSA) is 43.1 Å². The van der Waals surface area contributed by atoms with E-state index in [0.29, 0.717) is 5.56 Å². The fourth-order valence-electron chi connectivity index (χ4n) is 1.56. The Bertz CT molecular complexity index is 646. The summed E-state index contributed by atoms with van der Waals surface area (Å²) in [6, 6.07) is 6.79. The lowest BCUT2D eigenvalue weighted by Crippen LogP contribution is -2.02. The molecule has 0 aliphatic carbocycles. The summed E-state index contributed by atoms with van der Waals surface area (Å²) >= 11 is 0. The fourth-order valence-corrected chi connectivity index (χ4v) is 2.78. The molecule has 19 heavy (non-hydrogen) atoms. The molecule has 0 radical (unpaired) electrons. The highest BCUT2D eigenvalue weighted by atomic mass is 32.2. The highest BCUT2D eigenvalue weighted by Crippen LogP contribution is 2.21. The van der Waals surface area contributed by atoms with Crippen molar-refractivity contribution in [3.63, 3.8) is 0 Å². The second kappa shape index (κ2) is 5.44. The van der Waals surface area contributed by atoms with E-state index in [1.165, 1.54) is 12.1 Å². The molecule has 1 atom stereocenters. The molecule has 0 bridgehead atoms. The van der Waals surface area contributed by atoms with Gasteiger partial charge < -0.3 is 5.73 Å². The largest absolute Gasteiger partial charge is 0.398 e. The van der Waals surface area contributed by atoms with E-state index in [1.807, 2.05) is 0 Å². The Kier molecular flexibility index (Phi) is 3.90. The van der Waals surface area contributed by atoms with Crippen molar-refractivity contribution < 1.29 is 17.4 Å². The Morgan fingerprint density at radius 1 is 1.00 bits per heavy atom. The van der Waals surface area contributed by atoms with Crippen LogP contribution in [0.25, 0.3) is 0 Å².